The molecule has 0 amide bonds. The summed E-state index contributed by atoms with van der Waals surface area (Å²) in [5.74, 6) is -0.846. The third kappa shape index (κ3) is 2.52. The number of halogens is 3. The topological polar surface area (TPSA) is 59.2 Å². The third-order valence-electron chi connectivity index (χ3n) is 1.63. The summed E-state index contributed by atoms with van der Waals surface area (Å²) in [4.78, 5) is 24.7. The Morgan fingerprint density at radius 3 is 2.60 bits per heavy atom. The van der Waals surface area contributed by atoms with Gasteiger partial charge in [-0.25, -0.2) is 13.6 Å². The van der Waals surface area contributed by atoms with Crippen LogP contribution in [0.5, 0.6) is 0 Å². The second-order valence-corrected chi connectivity index (χ2v) is 3.65. The molecule has 0 aliphatic rings. The number of pyridine rings is 1. The lowest BCUT2D eigenvalue weighted by molar-refractivity contribution is 0.0596. The van der Waals surface area contributed by atoms with Crippen molar-refractivity contribution in [1.82, 2.24) is 4.98 Å². The number of aromatic nitrogens is 1. The second kappa shape index (κ2) is 4.69. The van der Waals surface area contributed by atoms with E-state index in [0.29, 0.717) is 6.07 Å². The van der Waals surface area contributed by atoms with E-state index in [9.17, 15) is 18.4 Å². The molecule has 7 heteroatoms. The fraction of sp³-hybridized carbons (Fsp3) is 0.250. The summed E-state index contributed by atoms with van der Waals surface area (Å²) in [6.07, 6.45) is -2.78. The average molecular weight is 329 g/mol. The zero-order valence-electron chi connectivity index (χ0n) is 7.51. The van der Waals surface area contributed by atoms with E-state index in [1.807, 2.05) is 0 Å². The first-order chi connectivity index (χ1) is 6.97. The van der Waals surface area contributed by atoms with E-state index in [-0.39, 0.29) is 9.26 Å². The highest BCUT2D eigenvalue weighted by molar-refractivity contribution is 14.1. The maximum absolute atomic E-state index is 12.3. The van der Waals surface area contributed by atoms with E-state index in [2.05, 4.69) is 9.72 Å². The number of hydrogen-bond acceptors (Lipinski definition) is 3. The van der Waals surface area contributed by atoms with Crippen LogP contribution in [0.1, 0.15) is 22.5 Å². The van der Waals surface area contributed by atoms with Crippen molar-refractivity contribution < 1.29 is 18.3 Å². The Labute approximate surface area is 96.8 Å². The number of methoxy groups -OCH3 is 1. The molecule has 1 aromatic rings. The van der Waals surface area contributed by atoms with E-state index in [0.717, 1.165) is 7.11 Å². The van der Waals surface area contributed by atoms with E-state index >= 15 is 0 Å². The Morgan fingerprint density at radius 1 is 1.60 bits per heavy atom. The van der Waals surface area contributed by atoms with Gasteiger partial charge in [-0.3, -0.25) is 4.79 Å². The van der Waals surface area contributed by atoms with Gasteiger partial charge in [0.1, 0.15) is 5.56 Å². The van der Waals surface area contributed by atoms with Crippen LogP contribution in [0.3, 0.4) is 0 Å². The van der Waals surface area contributed by atoms with Gasteiger partial charge in [-0.1, -0.05) is 0 Å². The molecule has 82 valence electrons. The Balaban J connectivity index is 3.34. The Bertz CT molecular complexity index is 444. The average Bonchev–Trinajstić information content (AvgIpc) is 2.16. The summed E-state index contributed by atoms with van der Waals surface area (Å²) in [5, 5.41) is 0. The van der Waals surface area contributed by atoms with E-state index in [1.54, 1.807) is 22.6 Å². The first kappa shape index (κ1) is 12.1. The summed E-state index contributed by atoms with van der Waals surface area (Å²) in [7, 11) is 1.11. The molecule has 15 heavy (non-hydrogen) atoms. The minimum atomic E-state index is -2.78. The van der Waals surface area contributed by atoms with Crippen LogP contribution in [0.4, 0.5) is 8.78 Å². The summed E-state index contributed by atoms with van der Waals surface area (Å²) >= 11 is 1.59. The molecule has 0 spiro atoms. The largest absolute Gasteiger partial charge is 0.465 e. The predicted octanol–water partition coefficient (Wildman–Crippen LogP) is 1.70. The number of hydrogen-bond donors (Lipinski definition) is 1. The van der Waals surface area contributed by atoms with Gasteiger partial charge >= 0.3 is 5.97 Å². The lowest BCUT2D eigenvalue weighted by Gasteiger charge is -2.04. The third-order valence-corrected chi connectivity index (χ3v) is 2.44. The van der Waals surface area contributed by atoms with Crippen LogP contribution in [0.15, 0.2) is 10.9 Å². The molecular formula is C8H6F2INO3. The molecule has 4 nitrogen and oxygen atoms in total. The Kier molecular flexibility index (Phi) is 3.77. The smallest absolute Gasteiger partial charge is 0.344 e. The highest BCUT2D eigenvalue weighted by Crippen LogP contribution is 2.17. The highest BCUT2D eigenvalue weighted by atomic mass is 127. The van der Waals surface area contributed by atoms with Crippen molar-refractivity contribution >= 4 is 28.6 Å². The van der Waals surface area contributed by atoms with Crippen molar-refractivity contribution in [3.63, 3.8) is 0 Å². The molecule has 1 heterocycles. The zero-order valence-corrected chi connectivity index (χ0v) is 9.67. The maximum Gasteiger partial charge on any atom is 0.344 e. The molecule has 0 fully saturated rings. The van der Waals surface area contributed by atoms with E-state index in [4.69, 9.17) is 0 Å². The zero-order chi connectivity index (χ0) is 11.6. The molecule has 1 N–H and O–H groups in total. The summed E-state index contributed by atoms with van der Waals surface area (Å²) in [5.41, 5.74) is -1.56. The lowest BCUT2D eigenvalue weighted by atomic mass is 10.2. The number of aromatic amines is 1. The quantitative estimate of drug-likeness (QED) is 0.510. The molecule has 0 atom stereocenters. The van der Waals surface area contributed by atoms with Crippen LogP contribution >= 0.6 is 22.6 Å². The van der Waals surface area contributed by atoms with Gasteiger partial charge in [0.15, 0.2) is 5.43 Å². The number of nitrogens with one attached hydrogen (secondary N) is 1. The number of esters is 1. The van der Waals surface area contributed by atoms with Crippen LogP contribution in [0.2, 0.25) is 0 Å². The standard InChI is InChI=1S/C8H6F2INO3/c1-15-8(14)5-4(13)2-3(6(9)10)12-7(5)11/h2,6H,1H3,(H,12,13). The molecule has 0 aliphatic heterocycles. The molecule has 0 radical (unpaired) electrons. The number of carbonyl (C=O) groups excluding carboxylic acids is 1. The number of carbonyl (C=O) groups is 1. The fourth-order valence-electron chi connectivity index (χ4n) is 0.957. The monoisotopic (exact) mass is 329 g/mol. The first-order valence-corrected chi connectivity index (χ1v) is 4.84. The minimum Gasteiger partial charge on any atom is -0.465 e. The summed E-state index contributed by atoms with van der Waals surface area (Å²) in [6, 6.07) is 0.694. The van der Waals surface area contributed by atoms with Gasteiger partial charge in [0.05, 0.1) is 16.5 Å². The first-order valence-electron chi connectivity index (χ1n) is 3.76. The van der Waals surface area contributed by atoms with Gasteiger partial charge in [0, 0.05) is 6.07 Å². The second-order valence-electron chi connectivity index (χ2n) is 2.57. The molecular weight excluding hydrogens is 323 g/mol. The van der Waals surface area contributed by atoms with Crippen LogP contribution in [0.25, 0.3) is 0 Å². The van der Waals surface area contributed by atoms with Crippen molar-refractivity contribution in [3.05, 3.63) is 31.2 Å². The van der Waals surface area contributed by atoms with Gasteiger partial charge in [0.25, 0.3) is 6.43 Å². The molecule has 0 aromatic carbocycles. The number of ether oxygens (including phenoxy) is 1. The number of alkyl halides is 2. The van der Waals surface area contributed by atoms with Crippen LogP contribution < -0.4 is 5.43 Å². The summed E-state index contributed by atoms with van der Waals surface area (Å²) < 4.78 is 28.9. The van der Waals surface area contributed by atoms with E-state index in [1.165, 1.54) is 0 Å². The molecule has 0 bridgehead atoms. The fourth-order valence-corrected chi connectivity index (χ4v) is 1.75. The summed E-state index contributed by atoms with van der Waals surface area (Å²) in [6.45, 7) is 0. The van der Waals surface area contributed by atoms with Crippen molar-refractivity contribution in [2.24, 2.45) is 0 Å². The lowest BCUT2D eigenvalue weighted by Crippen LogP contribution is -2.20. The van der Waals surface area contributed by atoms with Crippen LogP contribution in [-0.4, -0.2) is 18.1 Å². The molecule has 1 aromatic heterocycles. The van der Waals surface area contributed by atoms with Crippen molar-refractivity contribution in [2.45, 2.75) is 6.43 Å². The van der Waals surface area contributed by atoms with Gasteiger partial charge in [-0.05, 0) is 22.6 Å². The van der Waals surface area contributed by atoms with Crippen LogP contribution in [-0.2, 0) is 4.74 Å². The van der Waals surface area contributed by atoms with E-state index < -0.39 is 23.5 Å². The highest BCUT2D eigenvalue weighted by Gasteiger charge is 2.19. The SMILES string of the molecule is COC(=O)c1c(I)[nH]c(C(F)F)cc1=O. The normalized spacial score (nSPS) is 10.5. The maximum atomic E-state index is 12.3. The Hall–Kier alpha value is -0.990. The van der Waals surface area contributed by atoms with Gasteiger partial charge in [-0.15, -0.1) is 0 Å². The van der Waals surface area contributed by atoms with Crippen molar-refractivity contribution in [1.29, 1.82) is 0 Å². The van der Waals surface area contributed by atoms with Gasteiger partial charge < -0.3 is 9.72 Å². The van der Waals surface area contributed by atoms with Gasteiger partial charge in [-0.2, -0.15) is 0 Å². The molecule has 0 aliphatic carbocycles. The molecule has 0 unspecified atom stereocenters. The molecule has 1 rings (SSSR count). The molecule has 0 saturated carbocycles. The van der Waals surface area contributed by atoms with Crippen molar-refractivity contribution in [2.75, 3.05) is 7.11 Å². The number of rotatable bonds is 2. The predicted molar refractivity (Wildman–Crippen MR) is 56.1 cm³/mol. The number of H-pyrrole nitrogens is 1. The van der Waals surface area contributed by atoms with Gasteiger partial charge in [0.2, 0.25) is 0 Å². The van der Waals surface area contributed by atoms with Crippen molar-refractivity contribution in [3.8, 4) is 0 Å². The Morgan fingerprint density at radius 2 is 2.20 bits per heavy atom. The molecule has 0 saturated heterocycles. The minimum absolute atomic E-state index is 0.0438. The van der Waals surface area contributed by atoms with Crippen LogP contribution in [0, 0.1) is 3.70 Å².